The SMILES string of the molecule is CC(C)(C)OC(=O)[N+]1(C(=O)O)CC(=O)O[C@@H](c2ccccc2)[C@H]1c1ccccc1. The maximum Gasteiger partial charge on any atom is 0.528 e. The van der Waals surface area contributed by atoms with Gasteiger partial charge in [-0.25, -0.2) is 4.79 Å². The second-order valence-corrected chi connectivity index (χ2v) is 7.97. The molecule has 2 aromatic rings. The van der Waals surface area contributed by atoms with Gasteiger partial charge in [0.25, 0.3) is 0 Å². The average Bonchev–Trinajstić information content (AvgIpc) is 2.67. The fourth-order valence-corrected chi connectivity index (χ4v) is 3.54. The molecule has 2 amide bonds. The van der Waals surface area contributed by atoms with Crippen molar-refractivity contribution >= 4 is 18.2 Å². The molecule has 3 atom stereocenters. The van der Waals surface area contributed by atoms with E-state index in [1.165, 1.54) is 0 Å². The Hall–Kier alpha value is -3.19. The molecule has 1 fully saturated rings. The Morgan fingerprint density at radius 2 is 1.52 bits per heavy atom. The normalized spacial score (nSPS) is 24.4. The maximum absolute atomic E-state index is 13.2. The number of hydrogen-bond donors (Lipinski definition) is 1. The lowest BCUT2D eigenvalue weighted by atomic mass is 9.91. The Kier molecular flexibility index (Phi) is 5.44. The van der Waals surface area contributed by atoms with E-state index >= 15 is 0 Å². The van der Waals surface area contributed by atoms with Gasteiger partial charge in [0.2, 0.25) is 0 Å². The van der Waals surface area contributed by atoms with Crippen LogP contribution in [0.4, 0.5) is 9.59 Å². The van der Waals surface area contributed by atoms with Gasteiger partial charge < -0.3 is 14.6 Å². The molecular formula is C22H24NO6+. The minimum Gasteiger partial charge on any atom is -0.446 e. The quantitative estimate of drug-likeness (QED) is 0.594. The summed E-state index contributed by atoms with van der Waals surface area (Å²) in [5, 5.41) is 10.2. The molecule has 1 N–H and O–H groups in total. The number of carboxylic acid groups (broad SMARTS) is 1. The molecule has 29 heavy (non-hydrogen) atoms. The Labute approximate surface area is 169 Å². The minimum absolute atomic E-state index is 0.558. The highest BCUT2D eigenvalue weighted by atomic mass is 16.6. The molecule has 3 rings (SSSR count). The van der Waals surface area contributed by atoms with Gasteiger partial charge in [-0.15, -0.1) is 4.48 Å². The van der Waals surface area contributed by atoms with Crippen molar-refractivity contribution in [2.75, 3.05) is 6.54 Å². The van der Waals surface area contributed by atoms with Gasteiger partial charge in [-0.05, 0) is 26.3 Å². The molecule has 0 aromatic heterocycles. The van der Waals surface area contributed by atoms with Crippen LogP contribution < -0.4 is 0 Å². The number of ether oxygens (including phenoxy) is 2. The summed E-state index contributed by atoms with van der Waals surface area (Å²) in [6.45, 7) is 4.29. The smallest absolute Gasteiger partial charge is 0.446 e. The van der Waals surface area contributed by atoms with E-state index in [4.69, 9.17) is 9.47 Å². The third kappa shape index (κ3) is 4.00. The Balaban J connectivity index is 2.23. The zero-order valence-corrected chi connectivity index (χ0v) is 16.6. The lowest BCUT2D eigenvalue weighted by molar-refractivity contribution is -0.824. The lowest BCUT2D eigenvalue weighted by Gasteiger charge is -2.43. The standard InChI is InChI=1S/C22H23NO6/c1-22(2,3)29-21(27)23(20(25)26)14-17(24)28-19(16-12-8-5-9-13-16)18(23)15-10-6-4-7-11-15/h4-13,18-19H,14H2,1-3H3/p+1/t18-,19+,23?/m1/s1. The number of nitrogens with zero attached hydrogens (tertiary/aromatic N) is 1. The Morgan fingerprint density at radius 3 is 2.00 bits per heavy atom. The number of carbonyl (C=O) groups is 3. The predicted molar refractivity (Wildman–Crippen MR) is 104 cm³/mol. The lowest BCUT2D eigenvalue weighted by Crippen LogP contribution is -2.65. The summed E-state index contributed by atoms with van der Waals surface area (Å²) < 4.78 is 9.85. The van der Waals surface area contributed by atoms with Crippen LogP contribution in [0.15, 0.2) is 60.7 Å². The molecule has 1 aliphatic rings. The number of quaternary nitrogens is 1. The Morgan fingerprint density at radius 1 is 1.00 bits per heavy atom. The van der Waals surface area contributed by atoms with Crippen LogP contribution in [0.25, 0.3) is 0 Å². The molecule has 0 radical (unpaired) electrons. The largest absolute Gasteiger partial charge is 0.528 e. The van der Waals surface area contributed by atoms with Crippen LogP contribution in [0, 0.1) is 0 Å². The van der Waals surface area contributed by atoms with Crippen LogP contribution >= 0.6 is 0 Å². The van der Waals surface area contributed by atoms with Crippen molar-refractivity contribution in [2.45, 2.75) is 38.5 Å². The van der Waals surface area contributed by atoms with Gasteiger partial charge in [0.15, 0.2) is 18.7 Å². The summed E-state index contributed by atoms with van der Waals surface area (Å²) >= 11 is 0. The van der Waals surface area contributed by atoms with Crippen LogP contribution in [-0.4, -0.2) is 39.9 Å². The maximum atomic E-state index is 13.2. The van der Waals surface area contributed by atoms with Crippen LogP contribution in [0.5, 0.6) is 0 Å². The van der Waals surface area contributed by atoms with E-state index in [-0.39, 0.29) is 0 Å². The molecule has 0 spiro atoms. The topological polar surface area (TPSA) is 89.9 Å². The van der Waals surface area contributed by atoms with Crippen LogP contribution in [0.1, 0.15) is 44.0 Å². The van der Waals surface area contributed by atoms with Gasteiger partial charge in [-0.2, -0.15) is 9.59 Å². The van der Waals surface area contributed by atoms with Crippen molar-refractivity contribution in [1.82, 2.24) is 0 Å². The molecule has 152 valence electrons. The number of morpholine rings is 1. The first-order chi connectivity index (χ1) is 13.6. The fourth-order valence-electron chi connectivity index (χ4n) is 3.54. The fraction of sp³-hybridized carbons (Fsp3) is 0.318. The van der Waals surface area contributed by atoms with Crippen molar-refractivity contribution < 1.29 is 33.4 Å². The molecule has 0 aliphatic carbocycles. The van der Waals surface area contributed by atoms with E-state index < -0.39 is 46.9 Å². The van der Waals surface area contributed by atoms with Crippen LogP contribution in [0.2, 0.25) is 0 Å². The van der Waals surface area contributed by atoms with E-state index in [9.17, 15) is 19.5 Å². The monoisotopic (exact) mass is 398 g/mol. The first-order valence-corrected chi connectivity index (χ1v) is 9.29. The third-order valence-electron chi connectivity index (χ3n) is 4.73. The molecule has 7 nitrogen and oxygen atoms in total. The first kappa shape index (κ1) is 20.5. The molecule has 0 bridgehead atoms. The molecule has 2 aromatic carbocycles. The first-order valence-electron chi connectivity index (χ1n) is 9.29. The summed E-state index contributed by atoms with van der Waals surface area (Å²) in [6.07, 6.45) is -3.44. The summed E-state index contributed by atoms with van der Waals surface area (Å²) in [7, 11) is 0. The highest BCUT2D eigenvalue weighted by Crippen LogP contribution is 2.46. The number of amides is 2. The highest BCUT2D eigenvalue weighted by Gasteiger charge is 2.63. The van der Waals surface area contributed by atoms with E-state index in [0.717, 1.165) is 0 Å². The van der Waals surface area contributed by atoms with Crippen molar-refractivity contribution in [3.05, 3.63) is 71.8 Å². The van der Waals surface area contributed by atoms with Gasteiger partial charge in [-0.3, -0.25) is 0 Å². The average molecular weight is 398 g/mol. The van der Waals surface area contributed by atoms with Crippen molar-refractivity contribution in [3.8, 4) is 0 Å². The molecule has 1 unspecified atom stereocenters. The third-order valence-corrected chi connectivity index (χ3v) is 4.73. The number of benzene rings is 2. The molecule has 1 saturated heterocycles. The van der Waals surface area contributed by atoms with Gasteiger partial charge in [-0.1, -0.05) is 60.7 Å². The summed E-state index contributed by atoms with van der Waals surface area (Å²) in [5.41, 5.74) is 0.228. The van der Waals surface area contributed by atoms with E-state index in [2.05, 4.69) is 0 Å². The Bertz CT molecular complexity index is 906. The van der Waals surface area contributed by atoms with E-state index in [0.29, 0.717) is 11.1 Å². The zero-order valence-electron chi connectivity index (χ0n) is 16.6. The van der Waals surface area contributed by atoms with Gasteiger partial charge in [0.05, 0.1) is 0 Å². The van der Waals surface area contributed by atoms with Crippen LogP contribution in [-0.2, 0) is 14.3 Å². The molecule has 0 saturated carbocycles. The number of imide groups is 1. The minimum atomic E-state index is -1.47. The number of carbonyl (C=O) groups excluding carboxylic acids is 2. The second-order valence-electron chi connectivity index (χ2n) is 7.97. The molecule has 1 aliphatic heterocycles. The van der Waals surface area contributed by atoms with E-state index in [1.807, 2.05) is 0 Å². The predicted octanol–water partition coefficient (Wildman–Crippen LogP) is 4.46. The molecular weight excluding hydrogens is 374 g/mol. The number of hydrogen-bond acceptors (Lipinski definition) is 5. The van der Waals surface area contributed by atoms with Gasteiger partial charge >= 0.3 is 18.2 Å². The van der Waals surface area contributed by atoms with Gasteiger partial charge in [0.1, 0.15) is 5.60 Å². The van der Waals surface area contributed by atoms with E-state index in [1.54, 1.807) is 81.4 Å². The molecule has 7 heteroatoms. The number of rotatable bonds is 2. The van der Waals surface area contributed by atoms with Crippen LogP contribution in [0.3, 0.4) is 0 Å². The zero-order chi connectivity index (χ0) is 21.2. The van der Waals surface area contributed by atoms with Crippen molar-refractivity contribution in [2.24, 2.45) is 0 Å². The molecule has 1 heterocycles. The second kappa shape index (κ2) is 7.67. The number of esters is 1. The summed E-state index contributed by atoms with van der Waals surface area (Å²) in [5.74, 6) is -0.778. The highest BCUT2D eigenvalue weighted by molar-refractivity contribution is 5.83. The van der Waals surface area contributed by atoms with Gasteiger partial charge in [0, 0.05) is 5.56 Å². The van der Waals surface area contributed by atoms with Crippen molar-refractivity contribution in [1.29, 1.82) is 0 Å². The summed E-state index contributed by atoms with van der Waals surface area (Å²) in [4.78, 5) is 38.3. The number of cyclic esters (lactones) is 1. The van der Waals surface area contributed by atoms with Crippen molar-refractivity contribution in [3.63, 3.8) is 0 Å². The summed E-state index contributed by atoms with van der Waals surface area (Å²) in [6, 6.07) is 16.5.